The van der Waals surface area contributed by atoms with Crippen molar-refractivity contribution < 1.29 is 24.1 Å². The lowest BCUT2D eigenvalue weighted by atomic mass is 9.85. The Hall–Kier alpha value is -3.15. The number of carbonyl (C=O) groups excluding carboxylic acids is 1. The molecule has 0 aliphatic carbocycles. The van der Waals surface area contributed by atoms with Gasteiger partial charge in [0.25, 0.3) is 0 Å². The van der Waals surface area contributed by atoms with Gasteiger partial charge in [-0.3, -0.25) is 9.69 Å². The van der Waals surface area contributed by atoms with Gasteiger partial charge in [0, 0.05) is 17.9 Å². The molecule has 2 heterocycles. The summed E-state index contributed by atoms with van der Waals surface area (Å²) in [5.74, 6) is 0.872. The molecule has 1 N–H and O–H groups in total. The number of benzene rings is 2. The smallest absolute Gasteiger partial charge is 0.231 e. The summed E-state index contributed by atoms with van der Waals surface area (Å²) in [5, 5.41) is 22.1. The minimum absolute atomic E-state index is 0.0414. The van der Waals surface area contributed by atoms with Crippen LogP contribution in [0, 0.1) is 18.3 Å². The molecule has 7 nitrogen and oxygen atoms in total. The summed E-state index contributed by atoms with van der Waals surface area (Å²) in [7, 11) is 4.56. The number of methoxy groups -OCH3 is 3. The van der Waals surface area contributed by atoms with Gasteiger partial charge in [0.1, 0.15) is 0 Å². The number of aryl methyl sites for hydroxylation is 1. The van der Waals surface area contributed by atoms with Crippen LogP contribution in [0.15, 0.2) is 47.0 Å². The summed E-state index contributed by atoms with van der Waals surface area (Å²) in [6.45, 7) is 1.96. The van der Waals surface area contributed by atoms with Crippen molar-refractivity contribution in [3.05, 3.63) is 63.7 Å². The average Bonchev–Trinajstić information content (AvgIpc) is 3.17. The molecular formula is C24H24N2O5S. The fourth-order valence-corrected chi connectivity index (χ4v) is 5.61. The van der Waals surface area contributed by atoms with Gasteiger partial charge in [-0.05, 0) is 24.6 Å². The molecule has 2 aromatic carbocycles. The molecule has 1 saturated heterocycles. The molecule has 0 saturated carbocycles. The van der Waals surface area contributed by atoms with E-state index < -0.39 is 11.6 Å². The second-order valence-electron chi connectivity index (χ2n) is 7.75. The average molecular weight is 453 g/mol. The van der Waals surface area contributed by atoms with Crippen LogP contribution in [0.4, 0.5) is 0 Å². The van der Waals surface area contributed by atoms with Crippen molar-refractivity contribution in [2.24, 2.45) is 0 Å². The normalized spacial score (nSPS) is 22.4. The lowest BCUT2D eigenvalue weighted by Gasteiger charge is -2.38. The zero-order valence-corrected chi connectivity index (χ0v) is 19.2. The Morgan fingerprint density at radius 1 is 1.12 bits per heavy atom. The molecule has 0 spiro atoms. The third-order valence-corrected chi connectivity index (χ3v) is 7.14. The maximum Gasteiger partial charge on any atom is 0.231 e. The molecule has 2 unspecified atom stereocenters. The molecule has 0 radical (unpaired) electrons. The van der Waals surface area contributed by atoms with E-state index in [0.717, 1.165) is 5.56 Å². The Kier molecular flexibility index (Phi) is 5.80. The van der Waals surface area contributed by atoms with E-state index >= 15 is 0 Å². The number of fused-ring (bicyclic) bond motifs is 1. The maximum absolute atomic E-state index is 13.3. The molecule has 0 bridgehead atoms. The predicted molar refractivity (Wildman–Crippen MR) is 120 cm³/mol. The first kappa shape index (κ1) is 22.1. The van der Waals surface area contributed by atoms with Crippen LogP contribution in [0.1, 0.15) is 29.0 Å². The van der Waals surface area contributed by atoms with Crippen LogP contribution >= 0.6 is 11.8 Å². The molecule has 1 fully saturated rings. The highest BCUT2D eigenvalue weighted by molar-refractivity contribution is 8.03. The third-order valence-electron chi connectivity index (χ3n) is 5.91. The van der Waals surface area contributed by atoms with Crippen LogP contribution in [-0.2, 0) is 10.5 Å². The summed E-state index contributed by atoms with van der Waals surface area (Å²) in [5.41, 5.74) is 1.34. The standard InChI is InChI=1S/C24H24N2O5S/c1-14-5-7-16(8-6-14)24(28)13-32-23-18(12-25)17(11-21(27)26(23)24)15-9-19(29-2)22(31-4)20(10-15)30-3/h5-10,17,28H,11,13H2,1-4H3. The number of thioether (sulfide) groups is 1. The molecule has 2 aliphatic rings. The van der Waals surface area contributed by atoms with Gasteiger partial charge in [-0.15, -0.1) is 11.8 Å². The van der Waals surface area contributed by atoms with Crippen LogP contribution in [0.25, 0.3) is 0 Å². The Morgan fingerprint density at radius 2 is 1.75 bits per heavy atom. The van der Waals surface area contributed by atoms with Gasteiger partial charge in [0.2, 0.25) is 11.7 Å². The monoisotopic (exact) mass is 452 g/mol. The summed E-state index contributed by atoms with van der Waals surface area (Å²) in [4.78, 5) is 14.7. The lowest BCUT2D eigenvalue weighted by Crippen LogP contribution is -2.48. The zero-order chi connectivity index (χ0) is 23.0. The Bertz CT molecular complexity index is 1110. The topological polar surface area (TPSA) is 92.0 Å². The summed E-state index contributed by atoms with van der Waals surface area (Å²) in [6, 6.07) is 13.3. The van der Waals surface area contributed by atoms with Crippen molar-refractivity contribution in [1.29, 1.82) is 5.26 Å². The van der Waals surface area contributed by atoms with E-state index in [1.807, 2.05) is 31.2 Å². The highest BCUT2D eigenvalue weighted by atomic mass is 32.2. The van der Waals surface area contributed by atoms with E-state index in [1.165, 1.54) is 38.0 Å². The van der Waals surface area contributed by atoms with Crippen molar-refractivity contribution in [2.45, 2.75) is 25.0 Å². The van der Waals surface area contributed by atoms with Crippen molar-refractivity contribution >= 4 is 17.7 Å². The minimum Gasteiger partial charge on any atom is -0.493 e. The van der Waals surface area contributed by atoms with Gasteiger partial charge in [0.05, 0.1) is 43.8 Å². The van der Waals surface area contributed by atoms with E-state index in [-0.39, 0.29) is 18.1 Å². The van der Waals surface area contributed by atoms with Gasteiger partial charge in [-0.25, -0.2) is 0 Å². The molecule has 2 aromatic rings. The largest absolute Gasteiger partial charge is 0.493 e. The number of allylic oxidation sites excluding steroid dienone is 1. The first-order valence-corrected chi connectivity index (χ1v) is 11.1. The zero-order valence-electron chi connectivity index (χ0n) is 18.3. The number of amides is 1. The number of ether oxygens (including phenoxy) is 3. The summed E-state index contributed by atoms with van der Waals surface area (Å²) in [6.07, 6.45) is 0.0414. The molecule has 32 heavy (non-hydrogen) atoms. The van der Waals surface area contributed by atoms with Gasteiger partial charge in [-0.2, -0.15) is 5.26 Å². The molecule has 2 atom stereocenters. The van der Waals surface area contributed by atoms with Crippen molar-refractivity contribution in [1.82, 2.24) is 4.90 Å². The van der Waals surface area contributed by atoms with Crippen molar-refractivity contribution in [3.8, 4) is 23.3 Å². The van der Waals surface area contributed by atoms with Crippen LogP contribution in [0.2, 0.25) is 0 Å². The summed E-state index contributed by atoms with van der Waals surface area (Å²) >= 11 is 1.32. The number of hydrogen-bond donors (Lipinski definition) is 1. The number of hydrogen-bond acceptors (Lipinski definition) is 7. The number of carbonyl (C=O) groups is 1. The first-order chi connectivity index (χ1) is 15.4. The van der Waals surface area contributed by atoms with Crippen molar-refractivity contribution in [3.63, 3.8) is 0 Å². The maximum atomic E-state index is 13.3. The Balaban J connectivity index is 1.82. The SMILES string of the molecule is COc1cc(C2CC(=O)N3C(=C2C#N)SCC3(O)c2ccc(C)cc2)cc(OC)c1OC. The van der Waals surface area contributed by atoms with Crippen LogP contribution in [0.3, 0.4) is 0 Å². The molecule has 0 aromatic heterocycles. The predicted octanol–water partition coefficient (Wildman–Crippen LogP) is 3.66. The van der Waals surface area contributed by atoms with Crippen LogP contribution in [0.5, 0.6) is 17.2 Å². The molecule has 1 amide bonds. The van der Waals surface area contributed by atoms with Gasteiger partial charge >= 0.3 is 0 Å². The molecule has 4 rings (SSSR count). The van der Waals surface area contributed by atoms with Gasteiger partial charge < -0.3 is 19.3 Å². The van der Waals surface area contributed by atoms with Crippen LogP contribution in [-0.4, -0.2) is 43.0 Å². The first-order valence-electron chi connectivity index (χ1n) is 10.1. The number of nitrogens with zero attached hydrogens (tertiary/aromatic N) is 2. The fourth-order valence-electron chi connectivity index (χ4n) is 4.25. The lowest BCUT2D eigenvalue weighted by molar-refractivity contribution is -0.149. The number of rotatable bonds is 5. The van der Waals surface area contributed by atoms with E-state index in [2.05, 4.69) is 6.07 Å². The minimum atomic E-state index is -1.49. The van der Waals surface area contributed by atoms with E-state index in [1.54, 1.807) is 12.1 Å². The van der Waals surface area contributed by atoms with Crippen LogP contribution < -0.4 is 14.2 Å². The van der Waals surface area contributed by atoms with E-state index in [4.69, 9.17) is 14.2 Å². The Labute approximate surface area is 191 Å². The van der Waals surface area contributed by atoms with Gasteiger partial charge in [-0.1, -0.05) is 29.8 Å². The number of aliphatic hydroxyl groups is 1. The second-order valence-corrected chi connectivity index (χ2v) is 8.71. The second kappa shape index (κ2) is 8.41. The molecule has 2 aliphatic heterocycles. The van der Waals surface area contributed by atoms with E-state index in [9.17, 15) is 15.2 Å². The fraction of sp³-hybridized carbons (Fsp3) is 0.333. The summed E-state index contributed by atoms with van der Waals surface area (Å²) < 4.78 is 16.3. The number of nitriles is 1. The van der Waals surface area contributed by atoms with E-state index in [0.29, 0.717) is 39.0 Å². The molecule has 8 heteroatoms. The third kappa shape index (κ3) is 3.38. The van der Waals surface area contributed by atoms with Crippen molar-refractivity contribution in [2.75, 3.05) is 27.1 Å². The highest BCUT2D eigenvalue weighted by Gasteiger charge is 2.51. The van der Waals surface area contributed by atoms with Gasteiger partial charge in [0.15, 0.2) is 17.2 Å². The quantitative estimate of drug-likeness (QED) is 0.740. The highest BCUT2D eigenvalue weighted by Crippen LogP contribution is 2.52. The molecule has 166 valence electrons. The molecular weight excluding hydrogens is 428 g/mol. The Morgan fingerprint density at radius 3 is 2.28 bits per heavy atom.